The van der Waals surface area contributed by atoms with Crippen LogP contribution in [0, 0.1) is 0 Å². The molecule has 0 fully saturated rings. The molecule has 0 unspecified atom stereocenters. The SMILES string of the molecule is COc1cccc(OC)c1CCC(F)(F)F. The Morgan fingerprint density at radius 2 is 1.56 bits per heavy atom. The number of halogens is 3. The van der Waals surface area contributed by atoms with Crippen molar-refractivity contribution in [2.24, 2.45) is 0 Å². The minimum atomic E-state index is -4.17. The lowest BCUT2D eigenvalue weighted by Gasteiger charge is -2.13. The van der Waals surface area contributed by atoms with Crippen LogP contribution in [0.1, 0.15) is 12.0 Å². The molecule has 2 nitrogen and oxygen atoms in total. The smallest absolute Gasteiger partial charge is 0.389 e. The van der Waals surface area contributed by atoms with Crippen molar-refractivity contribution in [2.75, 3.05) is 14.2 Å². The zero-order valence-corrected chi connectivity index (χ0v) is 9.10. The summed E-state index contributed by atoms with van der Waals surface area (Å²) in [6.07, 6.45) is -5.20. The van der Waals surface area contributed by atoms with Crippen molar-refractivity contribution >= 4 is 0 Å². The summed E-state index contributed by atoms with van der Waals surface area (Å²) in [6, 6.07) is 4.91. The molecule has 0 saturated heterocycles. The van der Waals surface area contributed by atoms with Gasteiger partial charge >= 0.3 is 6.18 Å². The van der Waals surface area contributed by atoms with E-state index in [1.165, 1.54) is 14.2 Å². The fraction of sp³-hybridized carbons (Fsp3) is 0.455. The maximum absolute atomic E-state index is 12.1. The van der Waals surface area contributed by atoms with Crippen LogP contribution in [0.5, 0.6) is 11.5 Å². The average Bonchev–Trinajstić information content (AvgIpc) is 2.24. The Kier molecular flexibility index (Phi) is 4.04. The number of ether oxygens (including phenoxy) is 2. The van der Waals surface area contributed by atoms with E-state index in [0.717, 1.165) is 0 Å². The zero-order valence-electron chi connectivity index (χ0n) is 9.10. The van der Waals surface area contributed by atoms with Gasteiger partial charge in [0.2, 0.25) is 0 Å². The minimum absolute atomic E-state index is 0.142. The van der Waals surface area contributed by atoms with Crippen LogP contribution < -0.4 is 9.47 Å². The first-order chi connectivity index (χ1) is 7.48. The topological polar surface area (TPSA) is 18.5 Å². The Bertz CT molecular complexity index is 325. The minimum Gasteiger partial charge on any atom is -0.496 e. The van der Waals surface area contributed by atoms with Crippen LogP contribution in [0.15, 0.2) is 18.2 Å². The zero-order chi connectivity index (χ0) is 12.2. The molecule has 16 heavy (non-hydrogen) atoms. The quantitative estimate of drug-likeness (QED) is 0.796. The summed E-state index contributed by atoms with van der Waals surface area (Å²) in [5, 5.41) is 0. The van der Waals surface area contributed by atoms with Gasteiger partial charge in [0, 0.05) is 12.0 Å². The van der Waals surface area contributed by atoms with Crippen molar-refractivity contribution in [3.8, 4) is 11.5 Å². The molecule has 0 aliphatic heterocycles. The summed E-state index contributed by atoms with van der Waals surface area (Å²) in [6.45, 7) is 0. The summed E-state index contributed by atoms with van der Waals surface area (Å²) in [5.74, 6) is 0.840. The number of hydrogen-bond donors (Lipinski definition) is 0. The van der Waals surface area contributed by atoms with E-state index in [4.69, 9.17) is 9.47 Å². The fourth-order valence-electron chi connectivity index (χ4n) is 1.44. The molecule has 5 heteroatoms. The van der Waals surface area contributed by atoms with Crippen molar-refractivity contribution in [3.05, 3.63) is 23.8 Å². The van der Waals surface area contributed by atoms with E-state index in [0.29, 0.717) is 17.1 Å². The van der Waals surface area contributed by atoms with Crippen LogP contribution in [-0.2, 0) is 6.42 Å². The Hall–Kier alpha value is -1.39. The Morgan fingerprint density at radius 1 is 1.06 bits per heavy atom. The maximum atomic E-state index is 12.1. The molecule has 1 aromatic carbocycles. The summed E-state index contributed by atoms with van der Waals surface area (Å²) < 4.78 is 46.4. The predicted molar refractivity (Wildman–Crippen MR) is 53.9 cm³/mol. The monoisotopic (exact) mass is 234 g/mol. The lowest BCUT2D eigenvalue weighted by Crippen LogP contribution is -2.09. The standard InChI is InChI=1S/C11H13F3O2/c1-15-9-4-3-5-10(16-2)8(9)6-7-11(12,13)14/h3-5H,6-7H2,1-2H3. The lowest BCUT2D eigenvalue weighted by molar-refractivity contribution is -0.134. The second-order valence-electron chi connectivity index (χ2n) is 3.26. The molecule has 0 atom stereocenters. The first-order valence-electron chi connectivity index (χ1n) is 4.74. The van der Waals surface area contributed by atoms with Gasteiger partial charge in [-0.2, -0.15) is 13.2 Å². The molecule has 0 amide bonds. The highest BCUT2D eigenvalue weighted by atomic mass is 19.4. The number of alkyl halides is 3. The second-order valence-corrected chi connectivity index (χ2v) is 3.26. The highest BCUT2D eigenvalue weighted by molar-refractivity contribution is 5.44. The molecule has 0 bridgehead atoms. The van der Waals surface area contributed by atoms with E-state index in [1.54, 1.807) is 18.2 Å². The van der Waals surface area contributed by atoms with E-state index in [9.17, 15) is 13.2 Å². The summed E-state index contributed by atoms with van der Waals surface area (Å²) in [4.78, 5) is 0. The third-order valence-electron chi connectivity index (χ3n) is 2.19. The largest absolute Gasteiger partial charge is 0.496 e. The van der Waals surface area contributed by atoms with Gasteiger partial charge in [-0.25, -0.2) is 0 Å². The van der Waals surface area contributed by atoms with Gasteiger partial charge in [0.1, 0.15) is 11.5 Å². The van der Waals surface area contributed by atoms with Gasteiger partial charge in [0.15, 0.2) is 0 Å². The van der Waals surface area contributed by atoms with Crippen molar-refractivity contribution in [3.63, 3.8) is 0 Å². The van der Waals surface area contributed by atoms with Crippen LogP contribution in [0.2, 0.25) is 0 Å². The van der Waals surface area contributed by atoms with E-state index < -0.39 is 12.6 Å². The average molecular weight is 234 g/mol. The summed E-state index contributed by atoms with van der Waals surface area (Å²) >= 11 is 0. The first-order valence-corrected chi connectivity index (χ1v) is 4.74. The molecule has 0 aromatic heterocycles. The lowest BCUT2D eigenvalue weighted by atomic mass is 10.1. The van der Waals surface area contributed by atoms with Gasteiger partial charge in [-0.1, -0.05) is 6.07 Å². The van der Waals surface area contributed by atoms with Crippen LogP contribution in [0.4, 0.5) is 13.2 Å². The van der Waals surface area contributed by atoms with Gasteiger partial charge < -0.3 is 9.47 Å². The predicted octanol–water partition coefficient (Wildman–Crippen LogP) is 3.20. The molecular weight excluding hydrogens is 221 g/mol. The van der Waals surface area contributed by atoms with Crippen LogP contribution in [0.25, 0.3) is 0 Å². The third kappa shape index (κ3) is 3.32. The molecule has 0 spiro atoms. The van der Waals surface area contributed by atoms with Gasteiger partial charge in [-0.3, -0.25) is 0 Å². The van der Waals surface area contributed by atoms with Gasteiger partial charge in [-0.15, -0.1) is 0 Å². The Labute approximate surface area is 92.0 Å². The number of benzene rings is 1. The maximum Gasteiger partial charge on any atom is 0.389 e. The van der Waals surface area contributed by atoms with Gasteiger partial charge in [0.05, 0.1) is 14.2 Å². The van der Waals surface area contributed by atoms with Gasteiger partial charge in [0.25, 0.3) is 0 Å². The molecule has 0 N–H and O–H groups in total. The van der Waals surface area contributed by atoms with E-state index >= 15 is 0 Å². The highest BCUT2D eigenvalue weighted by Gasteiger charge is 2.27. The first kappa shape index (κ1) is 12.7. The van der Waals surface area contributed by atoms with Gasteiger partial charge in [-0.05, 0) is 18.6 Å². The van der Waals surface area contributed by atoms with E-state index in [2.05, 4.69) is 0 Å². The highest BCUT2D eigenvalue weighted by Crippen LogP contribution is 2.32. The van der Waals surface area contributed by atoms with Crippen LogP contribution in [-0.4, -0.2) is 20.4 Å². The molecule has 0 aliphatic rings. The van der Waals surface area contributed by atoms with Crippen LogP contribution in [0.3, 0.4) is 0 Å². The third-order valence-corrected chi connectivity index (χ3v) is 2.19. The molecule has 90 valence electrons. The van der Waals surface area contributed by atoms with Crippen LogP contribution >= 0.6 is 0 Å². The van der Waals surface area contributed by atoms with Crippen molar-refractivity contribution < 1.29 is 22.6 Å². The van der Waals surface area contributed by atoms with Crippen molar-refractivity contribution in [2.45, 2.75) is 19.0 Å². The molecular formula is C11H13F3O2. The molecule has 1 aromatic rings. The van der Waals surface area contributed by atoms with E-state index in [1.807, 2.05) is 0 Å². The summed E-state index contributed by atoms with van der Waals surface area (Å²) in [7, 11) is 2.84. The Morgan fingerprint density at radius 3 is 1.94 bits per heavy atom. The van der Waals surface area contributed by atoms with Crippen molar-refractivity contribution in [1.29, 1.82) is 0 Å². The summed E-state index contributed by atoms with van der Waals surface area (Å²) in [5.41, 5.74) is 0.449. The number of hydrogen-bond acceptors (Lipinski definition) is 2. The molecule has 0 heterocycles. The molecule has 0 radical (unpaired) electrons. The van der Waals surface area contributed by atoms with Crippen molar-refractivity contribution in [1.82, 2.24) is 0 Å². The normalized spacial score (nSPS) is 11.3. The second kappa shape index (κ2) is 5.09. The number of rotatable bonds is 4. The Balaban J connectivity index is 2.91. The molecule has 1 rings (SSSR count). The molecule has 0 saturated carbocycles. The number of methoxy groups -OCH3 is 2. The fourth-order valence-corrected chi connectivity index (χ4v) is 1.44. The molecule has 0 aliphatic carbocycles. The van der Waals surface area contributed by atoms with E-state index in [-0.39, 0.29) is 6.42 Å².